The number of hydrogen-bond donors (Lipinski definition) is 2. The summed E-state index contributed by atoms with van der Waals surface area (Å²) in [7, 11) is 1.52. The van der Waals surface area contributed by atoms with Gasteiger partial charge in [0.05, 0.1) is 18.5 Å². The molecular weight excluding hydrogens is 390 g/mol. The summed E-state index contributed by atoms with van der Waals surface area (Å²) in [5, 5.41) is 8.91. The molecule has 0 bridgehead atoms. The molecule has 0 saturated carbocycles. The molecule has 3 rings (SSSR count). The van der Waals surface area contributed by atoms with Gasteiger partial charge in [0.2, 0.25) is 5.76 Å². The molecule has 2 N–H and O–H groups in total. The minimum Gasteiger partial charge on any atom is -0.495 e. The van der Waals surface area contributed by atoms with E-state index in [9.17, 15) is 14.4 Å². The van der Waals surface area contributed by atoms with E-state index in [2.05, 4.69) is 15.8 Å². The molecule has 154 valence electrons. The predicted octanol–water partition coefficient (Wildman–Crippen LogP) is 3.04. The van der Waals surface area contributed by atoms with Crippen molar-refractivity contribution in [3.8, 4) is 5.75 Å². The van der Waals surface area contributed by atoms with Crippen molar-refractivity contribution in [1.29, 1.82) is 0 Å². The van der Waals surface area contributed by atoms with Gasteiger partial charge in [-0.2, -0.15) is 0 Å². The lowest BCUT2D eigenvalue weighted by atomic mass is 10.2. The molecule has 0 aliphatic rings. The summed E-state index contributed by atoms with van der Waals surface area (Å²) in [6.07, 6.45) is 0. The zero-order valence-corrected chi connectivity index (χ0v) is 16.3. The van der Waals surface area contributed by atoms with Gasteiger partial charge in [-0.15, -0.1) is 0 Å². The van der Waals surface area contributed by atoms with Crippen molar-refractivity contribution < 1.29 is 28.4 Å². The largest absolute Gasteiger partial charge is 0.495 e. The second kappa shape index (κ2) is 9.37. The molecule has 9 nitrogen and oxygen atoms in total. The van der Waals surface area contributed by atoms with Crippen LogP contribution in [0.25, 0.3) is 0 Å². The number of carbonyl (C=O) groups is 3. The van der Waals surface area contributed by atoms with Crippen molar-refractivity contribution in [3.05, 3.63) is 71.6 Å². The third-order valence-corrected chi connectivity index (χ3v) is 3.95. The molecule has 9 heteroatoms. The molecule has 1 heterocycles. The molecule has 0 saturated heterocycles. The van der Waals surface area contributed by atoms with Crippen LogP contribution < -0.4 is 15.4 Å². The molecule has 0 aliphatic heterocycles. The van der Waals surface area contributed by atoms with E-state index in [0.29, 0.717) is 28.4 Å². The van der Waals surface area contributed by atoms with Crippen LogP contribution in [0.5, 0.6) is 5.75 Å². The lowest BCUT2D eigenvalue weighted by Crippen LogP contribution is -2.21. The number of aromatic nitrogens is 1. The van der Waals surface area contributed by atoms with E-state index in [0.717, 1.165) is 0 Å². The normalized spacial score (nSPS) is 10.2. The van der Waals surface area contributed by atoms with Crippen molar-refractivity contribution in [1.82, 2.24) is 5.16 Å². The van der Waals surface area contributed by atoms with E-state index >= 15 is 0 Å². The first kappa shape index (κ1) is 20.6. The number of benzene rings is 2. The van der Waals surface area contributed by atoms with E-state index in [4.69, 9.17) is 14.0 Å². The third kappa shape index (κ3) is 5.22. The maximum atomic E-state index is 12.4. The van der Waals surface area contributed by atoms with E-state index in [1.807, 2.05) is 0 Å². The lowest BCUT2D eigenvalue weighted by Gasteiger charge is -2.10. The van der Waals surface area contributed by atoms with Gasteiger partial charge in [-0.25, -0.2) is 4.79 Å². The Bertz CT molecular complexity index is 1060. The first-order chi connectivity index (χ1) is 14.5. The van der Waals surface area contributed by atoms with E-state index in [1.54, 1.807) is 55.5 Å². The number of nitrogens with one attached hydrogen (secondary N) is 2. The molecule has 3 aromatic rings. The molecule has 2 amide bonds. The zero-order chi connectivity index (χ0) is 21.5. The van der Waals surface area contributed by atoms with Gasteiger partial charge in [-0.05, 0) is 43.3 Å². The first-order valence-electron chi connectivity index (χ1n) is 8.91. The Kier molecular flexibility index (Phi) is 6.43. The van der Waals surface area contributed by atoms with Crippen LogP contribution in [-0.2, 0) is 9.53 Å². The van der Waals surface area contributed by atoms with Crippen molar-refractivity contribution in [3.63, 3.8) is 0 Å². The number of methoxy groups -OCH3 is 1. The highest BCUT2D eigenvalue weighted by Crippen LogP contribution is 2.23. The zero-order valence-electron chi connectivity index (χ0n) is 16.3. The van der Waals surface area contributed by atoms with Gasteiger partial charge in [-0.1, -0.05) is 17.3 Å². The highest BCUT2D eigenvalue weighted by atomic mass is 16.6. The van der Waals surface area contributed by atoms with Gasteiger partial charge in [0.25, 0.3) is 11.8 Å². The maximum Gasteiger partial charge on any atom is 0.377 e. The Morgan fingerprint density at radius 2 is 1.77 bits per heavy atom. The molecule has 0 atom stereocenters. The van der Waals surface area contributed by atoms with Gasteiger partial charge < -0.3 is 24.6 Å². The summed E-state index contributed by atoms with van der Waals surface area (Å²) >= 11 is 0. The average molecular weight is 409 g/mol. The number of esters is 1. The molecule has 30 heavy (non-hydrogen) atoms. The smallest absolute Gasteiger partial charge is 0.377 e. The van der Waals surface area contributed by atoms with Crippen LogP contribution in [0.3, 0.4) is 0 Å². The van der Waals surface area contributed by atoms with Crippen LogP contribution in [0.15, 0.2) is 59.1 Å². The number of anilines is 2. The number of para-hydroxylation sites is 2. The fourth-order valence-corrected chi connectivity index (χ4v) is 2.51. The molecule has 0 aliphatic carbocycles. The van der Waals surface area contributed by atoms with Crippen LogP contribution in [0.1, 0.15) is 26.6 Å². The fraction of sp³-hybridized carbons (Fsp3) is 0.143. The summed E-state index contributed by atoms with van der Waals surface area (Å²) in [4.78, 5) is 36.1. The summed E-state index contributed by atoms with van der Waals surface area (Å²) in [6, 6.07) is 14.7. The molecular formula is C21H19N3O6. The highest BCUT2D eigenvalue weighted by Gasteiger charge is 2.15. The number of aryl methyl sites for hydroxylation is 1. The second-order valence-electron chi connectivity index (χ2n) is 6.19. The Morgan fingerprint density at radius 3 is 2.43 bits per heavy atom. The number of amides is 2. The third-order valence-electron chi connectivity index (χ3n) is 3.95. The van der Waals surface area contributed by atoms with Crippen LogP contribution in [0.4, 0.5) is 11.4 Å². The van der Waals surface area contributed by atoms with Crippen LogP contribution in [0.2, 0.25) is 0 Å². The fourth-order valence-electron chi connectivity index (χ4n) is 2.51. The SMILES string of the molecule is COc1ccccc1NC(=O)c1ccc(NC(=O)COC(=O)c2cc(C)no2)cc1. The summed E-state index contributed by atoms with van der Waals surface area (Å²) in [6.45, 7) is 1.17. The van der Waals surface area contributed by atoms with Crippen LogP contribution in [-0.4, -0.2) is 36.7 Å². The molecule has 0 spiro atoms. The second-order valence-corrected chi connectivity index (χ2v) is 6.19. The Hall–Kier alpha value is -4.14. The van der Waals surface area contributed by atoms with Crippen molar-refractivity contribution >= 4 is 29.2 Å². The average Bonchev–Trinajstić information content (AvgIpc) is 3.19. The van der Waals surface area contributed by atoms with Gasteiger partial charge in [0, 0.05) is 17.3 Å². The topological polar surface area (TPSA) is 120 Å². The molecule has 0 fully saturated rings. The maximum absolute atomic E-state index is 12.4. The van der Waals surface area contributed by atoms with E-state index < -0.39 is 18.5 Å². The van der Waals surface area contributed by atoms with Crippen LogP contribution >= 0.6 is 0 Å². The number of rotatable bonds is 7. The number of carbonyl (C=O) groups excluding carboxylic acids is 3. The van der Waals surface area contributed by atoms with Gasteiger partial charge >= 0.3 is 5.97 Å². The standard InChI is InChI=1S/C21H19N3O6/c1-13-11-18(30-24-13)21(27)29-12-19(25)22-15-9-7-14(8-10-15)20(26)23-16-5-3-4-6-17(16)28-2/h3-11H,12H2,1-2H3,(H,22,25)(H,23,26). The molecule has 1 aromatic heterocycles. The quantitative estimate of drug-likeness (QED) is 0.576. The Morgan fingerprint density at radius 1 is 1.03 bits per heavy atom. The minimum atomic E-state index is -0.783. The number of ether oxygens (including phenoxy) is 2. The van der Waals surface area contributed by atoms with Crippen LogP contribution in [0, 0.1) is 6.92 Å². The monoisotopic (exact) mass is 409 g/mol. The van der Waals surface area contributed by atoms with Crippen molar-refractivity contribution in [2.45, 2.75) is 6.92 Å². The van der Waals surface area contributed by atoms with Gasteiger partial charge in [-0.3, -0.25) is 9.59 Å². The lowest BCUT2D eigenvalue weighted by molar-refractivity contribution is -0.119. The Balaban J connectivity index is 1.53. The number of hydrogen-bond acceptors (Lipinski definition) is 7. The van der Waals surface area contributed by atoms with E-state index in [-0.39, 0.29) is 11.7 Å². The highest BCUT2D eigenvalue weighted by molar-refractivity contribution is 6.05. The summed E-state index contributed by atoms with van der Waals surface area (Å²) in [5.41, 5.74) is 1.92. The molecule has 0 radical (unpaired) electrons. The molecule has 2 aromatic carbocycles. The van der Waals surface area contributed by atoms with E-state index in [1.165, 1.54) is 13.2 Å². The van der Waals surface area contributed by atoms with Gasteiger partial charge in [0.15, 0.2) is 6.61 Å². The Labute approximate surface area is 172 Å². The predicted molar refractivity (Wildman–Crippen MR) is 108 cm³/mol. The van der Waals surface area contributed by atoms with Gasteiger partial charge in [0.1, 0.15) is 5.75 Å². The summed E-state index contributed by atoms with van der Waals surface area (Å²) < 4.78 is 14.8. The minimum absolute atomic E-state index is 0.0780. The molecule has 0 unspecified atom stereocenters. The van der Waals surface area contributed by atoms with Crippen molar-refractivity contribution in [2.75, 3.05) is 24.4 Å². The first-order valence-corrected chi connectivity index (χ1v) is 8.91. The number of nitrogens with zero attached hydrogens (tertiary/aromatic N) is 1. The summed E-state index contributed by atoms with van der Waals surface area (Å²) in [5.74, 6) is -1.18. The van der Waals surface area contributed by atoms with Crippen molar-refractivity contribution in [2.24, 2.45) is 0 Å².